The number of thiazole rings is 1. The zero-order valence-corrected chi connectivity index (χ0v) is 9.66. The first kappa shape index (κ1) is 10.3. The SMILES string of the molecule is CCn1cc(C(NC)c2cncs2)cn1. The van der Waals surface area contributed by atoms with E-state index >= 15 is 0 Å². The summed E-state index contributed by atoms with van der Waals surface area (Å²) < 4.78 is 1.93. The van der Waals surface area contributed by atoms with Crippen molar-refractivity contribution in [2.75, 3.05) is 7.05 Å². The molecule has 1 N–H and O–H groups in total. The third-order valence-electron chi connectivity index (χ3n) is 2.34. The van der Waals surface area contributed by atoms with Gasteiger partial charge < -0.3 is 5.32 Å². The molecule has 2 heterocycles. The van der Waals surface area contributed by atoms with Gasteiger partial charge in [0.15, 0.2) is 0 Å². The second kappa shape index (κ2) is 4.55. The molecule has 2 aromatic heterocycles. The van der Waals surface area contributed by atoms with Gasteiger partial charge >= 0.3 is 0 Å². The molecule has 2 rings (SSSR count). The molecule has 0 aliphatic carbocycles. The van der Waals surface area contributed by atoms with Crippen LogP contribution in [0.3, 0.4) is 0 Å². The fraction of sp³-hybridized carbons (Fsp3) is 0.400. The lowest BCUT2D eigenvalue weighted by Crippen LogP contribution is -2.15. The van der Waals surface area contributed by atoms with Crippen molar-refractivity contribution in [3.05, 3.63) is 34.5 Å². The van der Waals surface area contributed by atoms with Crippen molar-refractivity contribution in [1.82, 2.24) is 20.1 Å². The van der Waals surface area contributed by atoms with Gasteiger partial charge in [-0.25, -0.2) is 0 Å². The second-order valence-corrected chi connectivity index (χ2v) is 4.17. The van der Waals surface area contributed by atoms with Crippen molar-refractivity contribution in [2.45, 2.75) is 19.5 Å². The molecule has 1 atom stereocenters. The number of aromatic nitrogens is 3. The van der Waals surface area contributed by atoms with Gasteiger partial charge in [0, 0.05) is 29.4 Å². The van der Waals surface area contributed by atoms with Crippen LogP contribution in [-0.2, 0) is 6.54 Å². The molecule has 0 bridgehead atoms. The Morgan fingerprint density at radius 1 is 1.53 bits per heavy atom. The molecule has 0 amide bonds. The smallest absolute Gasteiger partial charge is 0.0794 e. The van der Waals surface area contributed by atoms with E-state index in [-0.39, 0.29) is 6.04 Å². The highest BCUT2D eigenvalue weighted by Gasteiger charge is 2.14. The quantitative estimate of drug-likeness (QED) is 0.855. The van der Waals surface area contributed by atoms with Gasteiger partial charge in [-0.1, -0.05) is 0 Å². The molecule has 1 unspecified atom stereocenters. The van der Waals surface area contributed by atoms with E-state index in [1.165, 1.54) is 10.4 Å². The van der Waals surface area contributed by atoms with Crippen molar-refractivity contribution in [2.24, 2.45) is 0 Å². The Balaban J connectivity index is 2.27. The van der Waals surface area contributed by atoms with Crippen LogP contribution in [0, 0.1) is 0 Å². The zero-order valence-electron chi connectivity index (χ0n) is 8.84. The molecule has 0 fully saturated rings. The average Bonchev–Trinajstić information content (AvgIpc) is 2.89. The third kappa shape index (κ3) is 2.08. The van der Waals surface area contributed by atoms with Crippen LogP contribution in [0.2, 0.25) is 0 Å². The lowest BCUT2D eigenvalue weighted by Gasteiger charge is -2.11. The highest BCUT2D eigenvalue weighted by Crippen LogP contribution is 2.23. The van der Waals surface area contributed by atoms with Gasteiger partial charge in [0.05, 0.1) is 17.7 Å². The van der Waals surface area contributed by atoms with Crippen molar-refractivity contribution in [3.8, 4) is 0 Å². The molecule has 5 heteroatoms. The minimum absolute atomic E-state index is 0.206. The molecule has 80 valence electrons. The maximum Gasteiger partial charge on any atom is 0.0794 e. The van der Waals surface area contributed by atoms with Gasteiger partial charge in [0.1, 0.15) is 0 Å². The Bertz CT molecular complexity index is 407. The molecule has 0 saturated carbocycles. The number of rotatable bonds is 4. The molecule has 0 radical (unpaired) electrons. The summed E-state index contributed by atoms with van der Waals surface area (Å²) in [5.74, 6) is 0. The molecule has 0 saturated heterocycles. The van der Waals surface area contributed by atoms with Crippen LogP contribution in [0.5, 0.6) is 0 Å². The van der Waals surface area contributed by atoms with E-state index in [0.717, 1.165) is 6.54 Å². The van der Waals surface area contributed by atoms with Gasteiger partial charge in [0.25, 0.3) is 0 Å². The Morgan fingerprint density at radius 3 is 2.93 bits per heavy atom. The van der Waals surface area contributed by atoms with Gasteiger partial charge in [-0.3, -0.25) is 9.67 Å². The predicted molar refractivity (Wildman–Crippen MR) is 60.9 cm³/mol. The van der Waals surface area contributed by atoms with E-state index < -0.39 is 0 Å². The standard InChI is InChI=1S/C10H14N4S/c1-3-14-6-8(4-13-14)10(11-2)9-5-12-7-15-9/h4-7,10-11H,3H2,1-2H3. The van der Waals surface area contributed by atoms with Crippen molar-refractivity contribution < 1.29 is 0 Å². The number of nitrogens with one attached hydrogen (secondary N) is 1. The fourth-order valence-corrected chi connectivity index (χ4v) is 2.30. The van der Waals surface area contributed by atoms with E-state index in [1.54, 1.807) is 11.3 Å². The molecule has 0 aliphatic heterocycles. The average molecular weight is 222 g/mol. The first-order valence-electron chi connectivity index (χ1n) is 4.93. The van der Waals surface area contributed by atoms with Crippen LogP contribution in [0.15, 0.2) is 24.1 Å². The van der Waals surface area contributed by atoms with Crippen LogP contribution in [0.1, 0.15) is 23.4 Å². The molecular formula is C10H14N4S. The summed E-state index contributed by atoms with van der Waals surface area (Å²) in [4.78, 5) is 5.31. The Kier molecular flexibility index (Phi) is 3.13. The van der Waals surface area contributed by atoms with E-state index in [1.807, 2.05) is 29.6 Å². The van der Waals surface area contributed by atoms with Crippen LogP contribution in [0.4, 0.5) is 0 Å². The monoisotopic (exact) mass is 222 g/mol. The second-order valence-electron chi connectivity index (χ2n) is 3.25. The lowest BCUT2D eigenvalue weighted by molar-refractivity contribution is 0.654. The van der Waals surface area contributed by atoms with E-state index in [4.69, 9.17) is 0 Å². The molecule has 0 aromatic carbocycles. The number of hydrogen-bond acceptors (Lipinski definition) is 4. The molecule has 2 aromatic rings. The van der Waals surface area contributed by atoms with Crippen molar-refractivity contribution in [3.63, 3.8) is 0 Å². The number of nitrogens with zero attached hydrogens (tertiary/aromatic N) is 3. The highest BCUT2D eigenvalue weighted by atomic mass is 32.1. The van der Waals surface area contributed by atoms with Gasteiger partial charge in [0.2, 0.25) is 0 Å². The Hall–Kier alpha value is -1.20. The van der Waals surface area contributed by atoms with Gasteiger partial charge in [-0.15, -0.1) is 11.3 Å². The van der Waals surface area contributed by atoms with E-state index in [2.05, 4.69) is 28.5 Å². The molecular weight excluding hydrogens is 208 g/mol. The number of aryl methyl sites for hydroxylation is 1. The van der Waals surface area contributed by atoms with Crippen LogP contribution in [0.25, 0.3) is 0 Å². The summed E-state index contributed by atoms with van der Waals surface area (Å²) in [5.41, 5.74) is 3.03. The predicted octanol–water partition coefficient (Wildman–Crippen LogP) is 1.67. The summed E-state index contributed by atoms with van der Waals surface area (Å²) in [7, 11) is 1.95. The summed E-state index contributed by atoms with van der Waals surface area (Å²) in [5, 5.41) is 7.55. The maximum absolute atomic E-state index is 4.27. The Labute approximate surface area is 93.0 Å². The first-order valence-corrected chi connectivity index (χ1v) is 5.81. The number of hydrogen-bond donors (Lipinski definition) is 1. The zero-order chi connectivity index (χ0) is 10.7. The maximum atomic E-state index is 4.27. The normalized spacial score (nSPS) is 12.9. The lowest BCUT2D eigenvalue weighted by atomic mass is 10.1. The summed E-state index contributed by atoms with van der Waals surface area (Å²) >= 11 is 1.66. The minimum atomic E-state index is 0.206. The first-order chi connectivity index (χ1) is 7.35. The van der Waals surface area contributed by atoms with Crippen molar-refractivity contribution in [1.29, 1.82) is 0 Å². The largest absolute Gasteiger partial charge is 0.309 e. The van der Waals surface area contributed by atoms with Crippen LogP contribution in [-0.4, -0.2) is 21.8 Å². The highest BCUT2D eigenvalue weighted by molar-refractivity contribution is 7.09. The van der Waals surface area contributed by atoms with Gasteiger partial charge in [-0.05, 0) is 14.0 Å². The summed E-state index contributed by atoms with van der Waals surface area (Å²) in [6.45, 7) is 2.98. The fourth-order valence-electron chi connectivity index (χ4n) is 1.54. The summed E-state index contributed by atoms with van der Waals surface area (Å²) in [6.07, 6.45) is 5.88. The molecule has 15 heavy (non-hydrogen) atoms. The molecule has 0 spiro atoms. The van der Waals surface area contributed by atoms with Gasteiger partial charge in [-0.2, -0.15) is 5.10 Å². The molecule has 0 aliphatic rings. The van der Waals surface area contributed by atoms with E-state index in [0.29, 0.717) is 0 Å². The van der Waals surface area contributed by atoms with E-state index in [9.17, 15) is 0 Å². The van der Waals surface area contributed by atoms with Crippen LogP contribution < -0.4 is 5.32 Å². The minimum Gasteiger partial charge on any atom is -0.309 e. The third-order valence-corrected chi connectivity index (χ3v) is 3.18. The van der Waals surface area contributed by atoms with Crippen molar-refractivity contribution >= 4 is 11.3 Å². The molecule has 4 nitrogen and oxygen atoms in total. The Morgan fingerprint density at radius 2 is 2.40 bits per heavy atom. The summed E-state index contributed by atoms with van der Waals surface area (Å²) in [6, 6.07) is 0.206. The van der Waals surface area contributed by atoms with Crippen LogP contribution >= 0.6 is 11.3 Å². The topological polar surface area (TPSA) is 42.7 Å².